The van der Waals surface area contributed by atoms with E-state index in [1.165, 1.54) is 35.7 Å². The van der Waals surface area contributed by atoms with E-state index in [0.717, 1.165) is 25.8 Å². The van der Waals surface area contributed by atoms with Crippen LogP contribution in [0, 0.1) is 0 Å². The van der Waals surface area contributed by atoms with E-state index in [0.29, 0.717) is 12.1 Å². The Bertz CT molecular complexity index is 375. The molecule has 1 fully saturated rings. The number of likely N-dealkylation sites (tertiary alicyclic amines) is 1. The molecule has 2 rings (SSSR count). The minimum Gasteiger partial charge on any atom is -0.330 e. The lowest BCUT2D eigenvalue weighted by atomic mass is 9.98. The minimum atomic E-state index is 0.655. The van der Waals surface area contributed by atoms with Crippen LogP contribution in [0.5, 0.6) is 0 Å². The number of aryl methyl sites for hydroxylation is 1. The monoisotopic (exact) mass is 281 g/mol. The topological polar surface area (TPSA) is 42.2 Å². The Morgan fingerprint density at radius 1 is 1.47 bits per heavy atom. The smallest absolute Gasteiger partial charge is 0.0943 e. The summed E-state index contributed by atoms with van der Waals surface area (Å²) in [6.07, 6.45) is 9.41. The Balaban J connectivity index is 1.93. The molecule has 3 nitrogen and oxygen atoms in total. The summed E-state index contributed by atoms with van der Waals surface area (Å²) in [6.45, 7) is 6.66. The maximum absolute atomic E-state index is 5.56. The molecule has 0 aliphatic carbocycles. The fourth-order valence-corrected chi connectivity index (χ4v) is 3.99. The molecule has 0 spiro atoms. The van der Waals surface area contributed by atoms with Gasteiger partial charge in [0.25, 0.3) is 0 Å². The van der Waals surface area contributed by atoms with Crippen LogP contribution in [-0.4, -0.2) is 35.1 Å². The molecule has 2 N–H and O–H groups in total. The van der Waals surface area contributed by atoms with E-state index in [4.69, 9.17) is 5.73 Å². The predicted molar refractivity (Wildman–Crippen MR) is 82.7 cm³/mol. The molecule has 0 bridgehead atoms. The zero-order chi connectivity index (χ0) is 13.7. The van der Waals surface area contributed by atoms with Crippen molar-refractivity contribution in [1.29, 1.82) is 0 Å². The first kappa shape index (κ1) is 14.9. The number of rotatable bonds is 6. The first-order valence-corrected chi connectivity index (χ1v) is 8.41. The fraction of sp³-hybridized carbons (Fsp3) is 0.800. The van der Waals surface area contributed by atoms with Crippen molar-refractivity contribution in [2.75, 3.05) is 13.1 Å². The summed E-state index contributed by atoms with van der Waals surface area (Å²) in [5.74, 6) is 0. The lowest BCUT2D eigenvalue weighted by Gasteiger charge is -2.38. The highest BCUT2D eigenvalue weighted by Crippen LogP contribution is 2.25. The van der Waals surface area contributed by atoms with Gasteiger partial charge < -0.3 is 5.73 Å². The standard InChI is InChI=1S/C15H27N3S/c1-12(2)18-9-4-3-6-13(18)10-15-17-11-14(19-15)7-5-8-16/h11-13H,3-10,16H2,1-2H3. The molecule has 1 aliphatic rings. The number of nitrogens with zero attached hydrogens (tertiary/aromatic N) is 2. The van der Waals surface area contributed by atoms with Gasteiger partial charge in [0.15, 0.2) is 0 Å². The van der Waals surface area contributed by atoms with Crippen molar-refractivity contribution in [3.8, 4) is 0 Å². The van der Waals surface area contributed by atoms with Crippen molar-refractivity contribution < 1.29 is 0 Å². The molecule has 1 aromatic heterocycles. The van der Waals surface area contributed by atoms with Gasteiger partial charge in [0, 0.05) is 29.6 Å². The van der Waals surface area contributed by atoms with E-state index in [1.54, 1.807) is 0 Å². The highest BCUT2D eigenvalue weighted by Gasteiger charge is 2.25. The average Bonchev–Trinajstić information content (AvgIpc) is 2.84. The van der Waals surface area contributed by atoms with Crippen molar-refractivity contribution in [2.45, 2.75) is 64.5 Å². The van der Waals surface area contributed by atoms with Crippen LogP contribution in [0.2, 0.25) is 0 Å². The van der Waals surface area contributed by atoms with Crippen LogP contribution in [0.1, 0.15) is 49.4 Å². The highest BCUT2D eigenvalue weighted by molar-refractivity contribution is 7.11. The molecule has 0 amide bonds. The third-order valence-electron chi connectivity index (χ3n) is 3.97. The van der Waals surface area contributed by atoms with E-state index in [9.17, 15) is 0 Å². The van der Waals surface area contributed by atoms with Crippen molar-refractivity contribution in [3.63, 3.8) is 0 Å². The summed E-state index contributed by atoms with van der Waals surface area (Å²) < 4.78 is 0. The van der Waals surface area contributed by atoms with E-state index < -0.39 is 0 Å². The van der Waals surface area contributed by atoms with Crippen LogP contribution in [0.4, 0.5) is 0 Å². The highest BCUT2D eigenvalue weighted by atomic mass is 32.1. The number of piperidine rings is 1. The Hall–Kier alpha value is -0.450. The molecule has 1 aliphatic heterocycles. The Morgan fingerprint density at radius 3 is 3.05 bits per heavy atom. The Labute approximate surface area is 121 Å². The third-order valence-corrected chi connectivity index (χ3v) is 5.05. The molecule has 1 aromatic rings. The van der Waals surface area contributed by atoms with Gasteiger partial charge in [-0.2, -0.15) is 0 Å². The summed E-state index contributed by atoms with van der Waals surface area (Å²) in [5, 5.41) is 1.31. The molecule has 1 unspecified atom stereocenters. The normalized spacial score (nSPS) is 21.2. The van der Waals surface area contributed by atoms with Gasteiger partial charge in [-0.3, -0.25) is 4.90 Å². The minimum absolute atomic E-state index is 0.655. The van der Waals surface area contributed by atoms with Gasteiger partial charge in [-0.05, 0) is 52.6 Å². The maximum atomic E-state index is 5.56. The first-order chi connectivity index (χ1) is 9.20. The third kappa shape index (κ3) is 4.26. The quantitative estimate of drug-likeness (QED) is 0.872. The predicted octanol–water partition coefficient (Wildman–Crippen LogP) is 2.84. The first-order valence-electron chi connectivity index (χ1n) is 7.60. The van der Waals surface area contributed by atoms with E-state index >= 15 is 0 Å². The van der Waals surface area contributed by atoms with E-state index in [-0.39, 0.29) is 0 Å². The van der Waals surface area contributed by atoms with Gasteiger partial charge in [-0.1, -0.05) is 6.42 Å². The van der Waals surface area contributed by atoms with Crippen molar-refractivity contribution in [1.82, 2.24) is 9.88 Å². The van der Waals surface area contributed by atoms with Crippen LogP contribution in [0.15, 0.2) is 6.20 Å². The van der Waals surface area contributed by atoms with Gasteiger partial charge in [-0.15, -0.1) is 11.3 Å². The van der Waals surface area contributed by atoms with Gasteiger partial charge in [-0.25, -0.2) is 4.98 Å². The van der Waals surface area contributed by atoms with Crippen LogP contribution < -0.4 is 5.73 Å². The lowest BCUT2D eigenvalue weighted by Crippen LogP contribution is -2.44. The number of thiazole rings is 1. The molecule has 0 radical (unpaired) electrons. The molecular weight excluding hydrogens is 254 g/mol. The second kappa shape index (κ2) is 7.36. The van der Waals surface area contributed by atoms with Crippen molar-refractivity contribution >= 4 is 11.3 Å². The second-order valence-corrected chi connectivity index (χ2v) is 7.00. The molecule has 0 aromatic carbocycles. The molecule has 4 heteroatoms. The van der Waals surface area contributed by atoms with Gasteiger partial charge in [0.1, 0.15) is 0 Å². The van der Waals surface area contributed by atoms with Gasteiger partial charge in [0.05, 0.1) is 5.01 Å². The number of nitrogens with two attached hydrogens (primary N) is 1. The molecule has 1 saturated heterocycles. The summed E-state index contributed by atoms with van der Waals surface area (Å²) in [5.41, 5.74) is 5.56. The molecule has 2 heterocycles. The molecule has 1 atom stereocenters. The van der Waals surface area contributed by atoms with E-state index in [1.807, 2.05) is 11.3 Å². The van der Waals surface area contributed by atoms with Crippen LogP contribution in [0.3, 0.4) is 0 Å². The zero-order valence-corrected chi connectivity index (χ0v) is 13.1. The molecule has 19 heavy (non-hydrogen) atoms. The molecular formula is C15H27N3S. The second-order valence-electron chi connectivity index (χ2n) is 5.80. The number of hydrogen-bond acceptors (Lipinski definition) is 4. The summed E-state index contributed by atoms with van der Waals surface area (Å²) >= 11 is 1.89. The average molecular weight is 281 g/mol. The van der Waals surface area contributed by atoms with Crippen LogP contribution in [0.25, 0.3) is 0 Å². The Kier molecular flexibility index (Phi) is 5.79. The summed E-state index contributed by atoms with van der Waals surface area (Å²) in [4.78, 5) is 8.66. The maximum Gasteiger partial charge on any atom is 0.0943 e. The largest absolute Gasteiger partial charge is 0.330 e. The zero-order valence-electron chi connectivity index (χ0n) is 12.3. The summed E-state index contributed by atoms with van der Waals surface area (Å²) in [7, 11) is 0. The lowest BCUT2D eigenvalue weighted by molar-refractivity contribution is 0.111. The molecule has 0 saturated carbocycles. The SMILES string of the molecule is CC(C)N1CCCCC1Cc1ncc(CCCN)s1. The Morgan fingerprint density at radius 2 is 2.32 bits per heavy atom. The summed E-state index contributed by atoms with van der Waals surface area (Å²) in [6, 6.07) is 1.35. The fourth-order valence-electron chi connectivity index (χ4n) is 2.96. The number of hydrogen-bond donors (Lipinski definition) is 1. The number of aromatic nitrogens is 1. The van der Waals surface area contributed by atoms with E-state index in [2.05, 4.69) is 29.9 Å². The van der Waals surface area contributed by atoms with Crippen LogP contribution >= 0.6 is 11.3 Å². The molecule has 108 valence electrons. The van der Waals surface area contributed by atoms with Gasteiger partial charge in [0.2, 0.25) is 0 Å². The van der Waals surface area contributed by atoms with Crippen molar-refractivity contribution in [2.24, 2.45) is 5.73 Å². The van der Waals surface area contributed by atoms with Crippen LogP contribution in [-0.2, 0) is 12.8 Å². The van der Waals surface area contributed by atoms with Gasteiger partial charge >= 0.3 is 0 Å². The van der Waals surface area contributed by atoms with Crippen molar-refractivity contribution in [3.05, 3.63) is 16.1 Å².